The van der Waals surface area contributed by atoms with Gasteiger partial charge in [0, 0.05) is 24.2 Å². The number of amides is 1. The van der Waals surface area contributed by atoms with Crippen molar-refractivity contribution in [3.05, 3.63) is 48.5 Å². The van der Waals surface area contributed by atoms with Crippen LogP contribution >= 0.6 is 0 Å². The van der Waals surface area contributed by atoms with Gasteiger partial charge in [0.2, 0.25) is 5.91 Å². The number of ether oxygens (including phenoxy) is 2. The van der Waals surface area contributed by atoms with Gasteiger partial charge in [0.05, 0.1) is 7.11 Å². The van der Waals surface area contributed by atoms with E-state index in [0.29, 0.717) is 23.8 Å². The van der Waals surface area contributed by atoms with Crippen molar-refractivity contribution in [3.63, 3.8) is 0 Å². The number of nitrogens with one attached hydrogen (secondary N) is 1. The molecule has 1 amide bonds. The lowest BCUT2D eigenvalue weighted by Crippen LogP contribution is -2.28. The summed E-state index contributed by atoms with van der Waals surface area (Å²) in [5.41, 5.74) is 6.79. The highest BCUT2D eigenvalue weighted by atomic mass is 16.5. The minimum absolute atomic E-state index is 0.0174. The molecule has 1 saturated carbocycles. The van der Waals surface area contributed by atoms with Crippen LogP contribution in [0.15, 0.2) is 48.5 Å². The Hall–Kier alpha value is -2.53. The lowest BCUT2D eigenvalue weighted by molar-refractivity contribution is -0.117. The minimum atomic E-state index is 0.0174. The molecule has 0 heterocycles. The van der Waals surface area contributed by atoms with Crippen LogP contribution in [0.1, 0.15) is 25.7 Å². The Labute approximate surface area is 148 Å². The average molecular weight is 340 g/mol. The number of methoxy groups -OCH3 is 1. The summed E-state index contributed by atoms with van der Waals surface area (Å²) < 4.78 is 11.0. The van der Waals surface area contributed by atoms with Gasteiger partial charge in [-0.25, -0.2) is 0 Å². The van der Waals surface area contributed by atoms with Crippen LogP contribution in [0.25, 0.3) is 0 Å². The molecule has 3 N–H and O–H groups in total. The number of hydrogen-bond acceptors (Lipinski definition) is 4. The molecule has 2 atom stereocenters. The van der Waals surface area contributed by atoms with Gasteiger partial charge in [-0.2, -0.15) is 0 Å². The third-order valence-electron chi connectivity index (χ3n) is 4.58. The van der Waals surface area contributed by atoms with Gasteiger partial charge in [-0.05, 0) is 55.2 Å². The molecule has 0 bridgehead atoms. The van der Waals surface area contributed by atoms with E-state index in [1.54, 1.807) is 7.11 Å². The maximum Gasteiger partial charge on any atom is 0.224 e. The molecule has 1 aliphatic rings. The van der Waals surface area contributed by atoms with Gasteiger partial charge >= 0.3 is 0 Å². The summed E-state index contributed by atoms with van der Waals surface area (Å²) >= 11 is 0. The standard InChI is InChI=1S/C20H24N2O3/c1-24-17-5-3-6-18(13-17)25-16-10-8-15(9-11-16)22-20(23)12-14-4-2-7-19(14)21/h3,5-6,8-11,13-14,19H,2,4,7,12,21H2,1H3,(H,22,23)/t14-,19+/m0/s1. The monoisotopic (exact) mass is 340 g/mol. The summed E-state index contributed by atoms with van der Waals surface area (Å²) in [6.45, 7) is 0. The predicted molar refractivity (Wildman–Crippen MR) is 98.1 cm³/mol. The lowest BCUT2D eigenvalue weighted by atomic mass is 10.00. The minimum Gasteiger partial charge on any atom is -0.497 e. The molecular formula is C20H24N2O3. The van der Waals surface area contributed by atoms with Crippen molar-refractivity contribution in [3.8, 4) is 17.2 Å². The SMILES string of the molecule is COc1cccc(Oc2ccc(NC(=O)C[C@@H]3CCC[C@H]3N)cc2)c1. The lowest BCUT2D eigenvalue weighted by Gasteiger charge is -2.15. The van der Waals surface area contributed by atoms with Crippen molar-refractivity contribution < 1.29 is 14.3 Å². The maximum absolute atomic E-state index is 12.1. The van der Waals surface area contributed by atoms with Crippen molar-refractivity contribution >= 4 is 11.6 Å². The Bertz CT molecular complexity index is 715. The summed E-state index contributed by atoms with van der Waals surface area (Å²) in [5, 5.41) is 2.93. The molecule has 25 heavy (non-hydrogen) atoms. The fraction of sp³-hybridized carbons (Fsp3) is 0.350. The van der Waals surface area contributed by atoms with E-state index in [4.69, 9.17) is 15.2 Å². The van der Waals surface area contributed by atoms with Crippen molar-refractivity contribution in [2.75, 3.05) is 12.4 Å². The second-order valence-corrected chi connectivity index (χ2v) is 6.41. The largest absolute Gasteiger partial charge is 0.497 e. The highest BCUT2D eigenvalue weighted by Crippen LogP contribution is 2.28. The molecule has 132 valence electrons. The van der Waals surface area contributed by atoms with Gasteiger partial charge in [0.1, 0.15) is 17.2 Å². The van der Waals surface area contributed by atoms with E-state index in [0.717, 1.165) is 30.7 Å². The molecule has 2 aromatic carbocycles. The van der Waals surface area contributed by atoms with Gasteiger partial charge in [0.25, 0.3) is 0 Å². The highest BCUT2D eigenvalue weighted by molar-refractivity contribution is 5.90. The van der Waals surface area contributed by atoms with E-state index in [-0.39, 0.29) is 11.9 Å². The zero-order valence-electron chi connectivity index (χ0n) is 14.4. The van der Waals surface area contributed by atoms with Crippen molar-refractivity contribution in [1.82, 2.24) is 0 Å². The molecule has 5 nitrogen and oxygen atoms in total. The van der Waals surface area contributed by atoms with Crippen molar-refractivity contribution in [2.45, 2.75) is 31.7 Å². The first-order chi connectivity index (χ1) is 12.1. The number of carbonyl (C=O) groups excluding carboxylic acids is 1. The molecule has 2 aromatic rings. The van der Waals surface area contributed by atoms with Crippen LogP contribution in [-0.2, 0) is 4.79 Å². The normalized spacial score (nSPS) is 19.4. The van der Waals surface area contributed by atoms with Crippen LogP contribution in [0, 0.1) is 5.92 Å². The van der Waals surface area contributed by atoms with Crippen LogP contribution in [0.2, 0.25) is 0 Å². The zero-order valence-corrected chi connectivity index (χ0v) is 14.4. The molecule has 1 fully saturated rings. The number of rotatable bonds is 6. The van der Waals surface area contributed by atoms with E-state index in [1.807, 2.05) is 48.5 Å². The zero-order chi connectivity index (χ0) is 17.6. The van der Waals surface area contributed by atoms with Crippen molar-refractivity contribution in [2.24, 2.45) is 11.7 Å². The number of anilines is 1. The Kier molecular flexibility index (Phi) is 5.56. The van der Waals surface area contributed by atoms with Crippen molar-refractivity contribution in [1.29, 1.82) is 0 Å². The fourth-order valence-corrected chi connectivity index (χ4v) is 3.18. The first kappa shape index (κ1) is 17.3. The number of hydrogen-bond donors (Lipinski definition) is 2. The van der Waals surface area contributed by atoms with E-state index < -0.39 is 0 Å². The molecular weight excluding hydrogens is 316 g/mol. The Morgan fingerprint density at radius 1 is 1.12 bits per heavy atom. The Morgan fingerprint density at radius 3 is 2.56 bits per heavy atom. The van der Waals surface area contributed by atoms with E-state index in [9.17, 15) is 4.79 Å². The smallest absolute Gasteiger partial charge is 0.224 e. The number of benzene rings is 2. The Morgan fingerprint density at radius 2 is 1.88 bits per heavy atom. The topological polar surface area (TPSA) is 73.6 Å². The van der Waals surface area contributed by atoms with Crippen LogP contribution < -0.4 is 20.5 Å². The average Bonchev–Trinajstić information content (AvgIpc) is 3.01. The summed E-state index contributed by atoms with van der Waals surface area (Å²) in [6, 6.07) is 14.9. The number of carbonyl (C=O) groups is 1. The molecule has 1 aliphatic carbocycles. The van der Waals surface area contributed by atoms with Gasteiger partial charge < -0.3 is 20.5 Å². The molecule has 5 heteroatoms. The van der Waals surface area contributed by atoms with Gasteiger partial charge in [-0.15, -0.1) is 0 Å². The summed E-state index contributed by atoms with van der Waals surface area (Å²) in [4.78, 5) is 12.1. The van der Waals surface area contributed by atoms with Crippen LogP contribution in [0.4, 0.5) is 5.69 Å². The van der Waals surface area contributed by atoms with E-state index >= 15 is 0 Å². The van der Waals surface area contributed by atoms with Gasteiger partial charge in [0.15, 0.2) is 0 Å². The van der Waals surface area contributed by atoms with E-state index in [2.05, 4.69) is 5.32 Å². The molecule has 0 radical (unpaired) electrons. The first-order valence-electron chi connectivity index (χ1n) is 8.61. The molecule has 3 rings (SSSR count). The number of nitrogens with two attached hydrogens (primary N) is 1. The molecule has 0 unspecified atom stereocenters. The fourth-order valence-electron chi connectivity index (χ4n) is 3.18. The molecule has 0 aromatic heterocycles. The molecule has 0 spiro atoms. The third-order valence-corrected chi connectivity index (χ3v) is 4.58. The summed E-state index contributed by atoms with van der Waals surface area (Å²) in [7, 11) is 1.62. The molecule has 0 saturated heterocycles. The van der Waals surface area contributed by atoms with Gasteiger partial charge in [-0.3, -0.25) is 4.79 Å². The third kappa shape index (κ3) is 4.73. The summed E-state index contributed by atoms with van der Waals surface area (Å²) in [6.07, 6.45) is 3.68. The first-order valence-corrected chi connectivity index (χ1v) is 8.61. The second-order valence-electron chi connectivity index (χ2n) is 6.41. The van der Waals surface area contributed by atoms with Crippen LogP contribution in [-0.4, -0.2) is 19.1 Å². The van der Waals surface area contributed by atoms with E-state index in [1.165, 1.54) is 0 Å². The van der Waals surface area contributed by atoms with Gasteiger partial charge in [-0.1, -0.05) is 12.5 Å². The highest BCUT2D eigenvalue weighted by Gasteiger charge is 2.25. The summed E-state index contributed by atoms with van der Waals surface area (Å²) in [5.74, 6) is 2.46. The molecule has 0 aliphatic heterocycles. The Balaban J connectivity index is 1.55. The van der Waals surface area contributed by atoms with Crippen LogP contribution in [0.3, 0.4) is 0 Å². The quantitative estimate of drug-likeness (QED) is 0.835. The van der Waals surface area contributed by atoms with Crippen LogP contribution in [0.5, 0.6) is 17.2 Å². The maximum atomic E-state index is 12.1. The predicted octanol–water partition coefficient (Wildman–Crippen LogP) is 3.94. The second kappa shape index (κ2) is 8.03.